The van der Waals surface area contributed by atoms with E-state index in [-0.39, 0.29) is 19.1 Å². The van der Waals surface area contributed by atoms with Crippen LogP contribution in [0.1, 0.15) is 290 Å². The smallest absolute Gasteiger partial charge is 0.387 e. The molecule has 0 saturated carbocycles. The topological polar surface area (TPSA) is 105 Å². The standard InChI is InChI=1S/C66H123N2O6P/c1-6-8-10-12-14-16-18-20-22-24-26-28-30-31-32-33-34-35-36-37-38-40-42-44-46-48-50-52-54-56-58-60-66(70)67-64(63-74-75(71,72)73-62-61-68(3,4)5)65(69)59-57-55-53-51-49-47-45-43-41-39-29-27-25-23-21-19-17-15-13-11-9-7-2/h8,10,14,16,20,22,26,28,31-32,57,59,64-65,69H,6-7,9,11-13,15,17-19,21,23-25,27,29-30,33-56,58,60-63H2,1-5H3,(H-,67,70,71,72)/p+1/b10-8-,16-14-,22-20-,28-26-,32-31-,59-57+. The van der Waals surface area contributed by atoms with Crippen LogP contribution < -0.4 is 5.32 Å². The zero-order valence-corrected chi connectivity index (χ0v) is 50.9. The first kappa shape index (κ1) is 72.9. The fourth-order valence-electron chi connectivity index (χ4n) is 9.25. The van der Waals surface area contributed by atoms with Crippen molar-refractivity contribution in [1.29, 1.82) is 0 Å². The molecule has 3 N–H and O–H groups in total. The Labute approximate surface area is 465 Å². The van der Waals surface area contributed by atoms with Crippen molar-refractivity contribution in [3.05, 3.63) is 72.9 Å². The van der Waals surface area contributed by atoms with Crippen LogP contribution in [-0.2, 0) is 18.4 Å². The molecule has 0 spiro atoms. The van der Waals surface area contributed by atoms with Crippen molar-refractivity contribution in [2.75, 3.05) is 40.9 Å². The zero-order chi connectivity index (χ0) is 54.9. The molecule has 8 nitrogen and oxygen atoms in total. The minimum absolute atomic E-state index is 0.0604. The molecule has 75 heavy (non-hydrogen) atoms. The van der Waals surface area contributed by atoms with E-state index in [9.17, 15) is 19.4 Å². The predicted octanol–water partition coefficient (Wildman–Crippen LogP) is 19.8. The van der Waals surface area contributed by atoms with Gasteiger partial charge in [-0.25, -0.2) is 4.57 Å². The Kier molecular flexibility index (Phi) is 55.1. The fraction of sp³-hybridized carbons (Fsp3) is 0.803. The number of hydrogen-bond acceptors (Lipinski definition) is 5. The van der Waals surface area contributed by atoms with Crippen LogP contribution in [0.25, 0.3) is 0 Å². The van der Waals surface area contributed by atoms with E-state index in [1.807, 2.05) is 27.2 Å². The van der Waals surface area contributed by atoms with Gasteiger partial charge in [-0.1, -0.05) is 292 Å². The fourth-order valence-corrected chi connectivity index (χ4v) is 9.98. The molecule has 3 atom stereocenters. The van der Waals surface area contributed by atoms with Gasteiger partial charge >= 0.3 is 7.82 Å². The Morgan fingerprint density at radius 3 is 1.17 bits per heavy atom. The molecule has 3 unspecified atom stereocenters. The number of nitrogens with one attached hydrogen (secondary N) is 1. The predicted molar refractivity (Wildman–Crippen MR) is 327 cm³/mol. The van der Waals surface area contributed by atoms with Crippen LogP contribution in [-0.4, -0.2) is 73.4 Å². The molecule has 0 aliphatic rings. The van der Waals surface area contributed by atoms with Crippen molar-refractivity contribution < 1.29 is 32.9 Å². The maximum atomic E-state index is 13.0. The number of hydrogen-bond donors (Lipinski definition) is 3. The highest BCUT2D eigenvalue weighted by molar-refractivity contribution is 7.47. The number of phosphoric acid groups is 1. The summed E-state index contributed by atoms with van der Waals surface area (Å²) in [4.78, 5) is 23.4. The average molecular weight is 1070 g/mol. The minimum Gasteiger partial charge on any atom is -0.387 e. The number of quaternary nitrogens is 1. The summed E-state index contributed by atoms with van der Waals surface area (Å²) in [6.45, 7) is 4.73. The molecule has 0 heterocycles. The highest BCUT2D eigenvalue weighted by atomic mass is 31.2. The summed E-state index contributed by atoms with van der Waals surface area (Å²) < 4.78 is 23.8. The normalized spacial score (nSPS) is 14.3. The molecule has 0 bridgehead atoms. The molecule has 0 aromatic carbocycles. The SMILES string of the molecule is CC/C=C\C/C=C\C/C=C\C/C=C\C/C=C\CCCCCCCCCCCCCCCCCC(=O)NC(COP(=O)(O)OCC[N+](C)(C)C)C(O)/C=C/CCCCCCCCCCCCCCCCCCCCCC. The van der Waals surface area contributed by atoms with Gasteiger partial charge in [-0.2, -0.15) is 0 Å². The Morgan fingerprint density at radius 2 is 0.800 bits per heavy atom. The van der Waals surface area contributed by atoms with Crippen molar-refractivity contribution in [3.8, 4) is 0 Å². The minimum atomic E-state index is -4.35. The summed E-state index contributed by atoms with van der Waals surface area (Å²) in [5.41, 5.74) is 0. The number of aliphatic hydroxyl groups excluding tert-OH is 1. The van der Waals surface area contributed by atoms with Gasteiger partial charge in [-0.05, 0) is 64.2 Å². The second-order valence-corrected chi connectivity index (χ2v) is 24.2. The molecule has 0 aromatic heterocycles. The van der Waals surface area contributed by atoms with Gasteiger partial charge in [-0.15, -0.1) is 0 Å². The number of likely N-dealkylation sites (N-methyl/N-ethyl adjacent to an activating group) is 1. The van der Waals surface area contributed by atoms with Gasteiger partial charge in [0.1, 0.15) is 13.2 Å². The highest BCUT2D eigenvalue weighted by Crippen LogP contribution is 2.43. The van der Waals surface area contributed by atoms with Crippen molar-refractivity contribution in [2.45, 2.75) is 302 Å². The van der Waals surface area contributed by atoms with Crippen molar-refractivity contribution in [1.82, 2.24) is 5.32 Å². The third-order valence-corrected chi connectivity index (χ3v) is 15.2. The molecule has 0 aliphatic carbocycles. The third-order valence-electron chi connectivity index (χ3n) is 14.2. The summed E-state index contributed by atoms with van der Waals surface area (Å²) in [5.74, 6) is -0.176. The lowest BCUT2D eigenvalue weighted by Crippen LogP contribution is -2.45. The number of carbonyl (C=O) groups is 1. The highest BCUT2D eigenvalue weighted by Gasteiger charge is 2.27. The summed E-state index contributed by atoms with van der Waals surface area (Å²) in [6, 6.07) is -0.850. The summed E-state index contributed by atoms with van der Waals surface area (Å²) in [5, 5.41) is 14.0. The largest absolute Gasteiger partial charge is 0.472 e. The van der Waals surface area contributed by atoms with Gasteiger partial charge in [0.2, 0.25) is 5.91 Å². The number of phosphoric ester groups is 1. The van der Waals surface area contributed by atoms with Gasteiger partial charge < -0.3 is 19.8 Å². The first-order valence-electron chi connectivity index (χ1n) is 31.8. The number of unbranched alkanes of at least 4 members (excludes halogenated alkanes) is 35. The first-order chi connectivity index (χ1) is 36.5. The Morgan fingerprint density at radius 1 is 0.467 bits per heavy atom. The molecule has 0 aliphatic heterocycles. The van der Waals surface area contributed by atoms with E-state index in [0.29, 0.717) is 17.4 Å². The van der Waals surface area contributed by atoms with Gasteiger partial charge in [0.05, 0.1) is 39.9 Å². The third kappa shape index (κ3) is 59.4. The van der Waals surface area contributed by atoms with Gasteiger partial charge in [0, 0.05) is 6.42 Å². The lowest BCUT2D eigenvalue weighted by atomic mass is 10.0. The number of nitrogens with zero attached hydrogens (tertiary/aromatic N) is 1. The molecule has 0 rings (SSSR count). The lowest BCUT2D eigenvalue weighted by Gasteiger charge is -2.25. The molecule has 0 fully saturated rings. The van der Waals surface area contributed by atoms with Crippen molar-refractivity contribution in [2.24, 2.45) is 0 Å². The number of allylic oxidation sites excluding steroid dienone is 11. The summed E-state index contributed by atoms with van der Waals surface area (Å²) >= 11 is 0. The van der Waals surface area contributed by atoms with Gasteiger partial charge in [-0.3, -0.25) is 13.8 Å². The number of amides is 1. The Balaban J connectivity index is 4.12. The summed E-state index contributed by atoms with van der Waals surface area (Å²) in [7, 11) is 1.58. The molecule has 0 aromatic rings. The quantitative estimate of drug-likeness (QED) is 0.0243. The maximum Gasteiger partial charge on any atom is 0.472 e. The van der Waals surface area contributed by atoms with E-state index in [1.165, 1.54) is 199 Å². The van der Waals surface area contributed by atoms with Crippen LogP contribution in [0.4, 0.5) is 0 Å². The number of carbonyl (C=O) groups excluding carboxylic acids is 1. The number of aliphatic hydroxyl groups is 1. The van der Waals surface area contributed by atoms with Crippen molar-refractivity contribution in [3.63, 3.8) is 0 Å². The first-order valence-corrected chi connectivity index (χ1v) is 33.3. The molecule has 0 saturated heterocycles. The van der Waals surface area contributed by atoms with E-state index in [0.717, 1.165) is 70.6 Å². The number of rotatable bonds is 58. The molecular formula is C66H124N2O6P+. The molecular weight excluding hydrogens is 948 g/mol. The van der Waals surface area contributed by atoms with E-state index >= 15 is 0 Å². The van der Waals surface area contributed by atoms with Crippen LogP contribution in [0.15, 0.2) is 72.9 Å². The van der Waals surface area contributed by atoms with Gasteiger partial charge in [0.15, 0.2) is 0 Å². The second-order valence-electron chi connectivity index (χ2n) is 22.8. The van der Waals surface area contributed by atoms with Crippen LogP contribution in [0.5, 0.6) is 0 Å². The monoisotopic (exact) mass is 1070 g/mol. The summed E-state index contributed by atoms with van der Waals surface area (Å²) in [6.07, 6.45) is 78.7. The van der Waals surface area contributed by atoms with Gasteiger partial charge in [0.25, 0.3) is 0 Å². The van der Waals surface area contributed by atoms with Crippen LogP contribution in [0, 0.1) is 0 Å². The molecule has 9 heteroatoms. The van der Waals surface area contributed by atoms with E-state index in [2.05, 4.69) is 79.9 Å². The van der Waals surface area contributed by atoms with Crippen LogP contribution in [0.3, 0.4) is 0 Å². The van der Waals surface area contributed by atoms with E-state index in [1.54, 1.807) is 6.08 Å². The van der Waals surface area contributed by atoms with Crippen molar-refractivity contribution >= 4 is 13.7 Å². The second kappa shape index (κ2) is 56.7. The molecule has 0 radical (unpaired) electrons. The molecule has 438 valence electrons. The van der Waals surface area contributed by atoms with Crippen LogP contribution >= 0.6 is 7.82 Å². The maximum absolute atomic E-state index is 13.0. The van der Waals surface area contributed by atoms with E-state index in [4.69, 9.17) is 9.05 Å². The lowest BCUT2D eigenvalue weighted by molar-refractivity contribution is -0.870. The Hall–Kier alpha value is -2.06. The zero-order valence-electron chi connectivity index (χ0n) is 50.0. The molecule has 1 amide bonds. The van der Waals surface area contributed by atoms with Crippen LogP contribution in [0.2, 0.25) is 0 Å². The van der Waals surface area contributed by atoms with E-state index < -0.39 is 20.0 Å². The average Bonchev–Trinajstić information content (AvgIpc) is 3.37. The Bertz CT molecular complexity index is 1450.